The van der Waals surface area contributed by atoms with E-state index in [9.17, 15) is 46.3 Å². The van der Waals surface area contributed by atoms with Crippen LogP contribution in [-0.4, -0.2) is 70.5 Å². The zero-order valence-corrected chi connectivity index (χ0v) is 41.3. The standard InChI is InChI=1S/C50H62F4N12O6/c1-29-41(31(3)65(5)43(29)47(69)61-33-17-19-37(51)39(53)23-33)45(67)49(71)59-27-35(63-55)25-57-21-15-13-11-9-7-8-10-12-14-16-22-58-26-36(64-56)28-60-50(72)46(68)42-30(2)44(66(6)32(42)4)48(70)62-34-18-20-38(52)40(54)24-34/h17-20,23-26,55-58H,7-16,21-22,27-28H2,1-6H3,(H,59,71)(H,60,72)(H,61,69)(H,62,70)/b35-25-,36-26-,63-55?,64-56?. The number of nitrogens with zero attached hydrogens (tertiary/aromatic N) is 4. The number of amides is 4. The third-order valence-corrected chi connectivity index (χ3v) is 12.1. The zero-order chi connectivity index (χ0) is 53.1. The van der Waals surface area contributed by atoms with Gasteiger partial charge in [-0.1, -0.05) is 51.4 Å². The summed E-state index contributed by atoms with van der Waals surface area (Å²) in [5.74, 6) is -9.43. The Bertz CT molecular complexity index is 2560. The second kappa shape index (κ2) is 27.6. The molecule has 0 aliphatic carbocycles. The fraction of sp³-hybridized carbons (Fsp3) is 0.400. The molecule has 2 aromatic heterocycles. The Morgan fingerprint density at radius 3 is 1.18 bits per heavy atom. The van der Waals surface area contributed by atoms with Gasteiger partial charge in [-0.25, -0.2) is 28.6 Å². The number of benzene rings is 2. The van der Waals surface area contributed by atoms with Crippen molar-refractivity contribution < 1.29 is 46.3 Å². The third kappa shape index (κ3) is 15.4. The largest absolute Gasteiger partial charge is 0.389 e. The Morgan fingerprint density at radius 2 is 0.861 bits per heavy atom. The van der Waals surface area contributed by atoms with Crippen LogP contribution in [0.5, 0.6) is 0 Å². The lowest BCUT2D eigenvalue weighted by atomic mass is 10.0. The molecule has 4 amide bonds. The van der Waals surface area contributed by atoms with Gasteiger partial charge in [0.1, 0.15) is 11.4 Å². The van der Waals surface area contributed by atoms with Gasteiger partial charge in [0.05, 0.1) is 35.6 Å². The summed E-state index contributed by atoms with van der Waals surface area (Å²) >= 11 is 0. The molecule has 0 saturated carbocycles. The van der Waals surface area contributed by atoms with Crippen LogP contribution in [0, 0.1) is 62.0 Å². The Hall–Kier alpha value is -7.78. The average molecular weight is 1000 g/mol. The smallest absolute Gasteiger partial charge is 0.292 e. The molecule has 8 N–H and O–H groups in total. The van der Waals surface area contributed by atoms with Crippen LogP contribution < -0.4 is 31.9 Å². The van der Waals surface area contributed by atoms with Crippen molar-refractivity contribution in [3.05, 3.63) is 128 Å². The van der Waals surface area contributed by atoms with Crippen LogP contribution in [0.25, 0.3) is 0 Å². The number of hydrogen-bond acceptors (Lipinski definition) is 12. The maximum Gasteiger partial charge on any atom is 0.292 e. The molecule has 0 saturated heterocycles. The first-order valence-electron chi connectivity index (χ1n) is 23.4. The van der Waals surface area contributed by atoms with Gasteiger partial charge in [0, 0.05) is 74.5 Å². The lowest BCUT2D eigenvalue weighted by Gasteiger charge is -2.08. The summed E-state index contributed by atoms with van der Waals surface area (Å²) in [6.07, 6.45) is 13.4. The Kier molecular flexibility index (Phi) is 21.8. The molecule has 2 aromatic carbocycles. The number of hydrogen-bond donors (Lipinski definition) is 8. The number of aromatic nitrogens is 2. The maximum absolute atomic E-state index is 13.7. The molecule has 0 bridgehead atoms. The Morgan fingerprint density at radius 1 is 0.528 bits per heavy atom. The topological polar surface area (TPSA) is 257 Å². The third-order valence-electron chi connectivity index (χ3n) is 12.1. The number of Topliss-reactive ketones (excluding diaryl/α,β-unsaturated/α-hetero) is 2. The SMILES string of the molecule is Cc1c(C(=O)C(=O)NC/C(=C/NCCCCCCCCCCCCN/C=C(/CNC(=O)C(=O)c2c(C)c(C(=O)Nc3ccc(F)c(F)c3)n(C)c2C)N=N)N=N)c(C)n(C)c1C(=O)Nc1ccc(F)c(F)c1. The summed E-state index contributed by atoms with van der Waals surface area (Å²) in [5.41, 5.74) is 16.7. The van der Waals surface area contributed by atoms with Crippen molar-refractivity contribution in [3.63, 3.8) is 0 Å². The molecule has 0 unspecified atom stereocenters. The minimum atomic E-state index is -1.14. The first-order chi connectivity index (χ1) is 34.3. The number of ketones is 2. The minimum Gasteiger partial charge on any atom is -0.389 e. The molecule has 0 atom stereocenters. The fourth-order valence-corrected chi connectivity index (χ4v) is 8.02. The molecule has 0 spiro atoms. The van der Waals surface area contributed by atoms with E-state index in [1.807, 2.05) is 0 Å². The van der Waals surface area contributed by atoms with Crippen molar-refractivity contribution in [1.29, 1.82) is 11.1 Å². The van der Waals surface area contributed by atoms with Gasteiger partial charge in [0.2, 0.25) is 0 Å². The number of unbranched alkanes of at least 4 members (excludes halogenated alkanes) is 9. The molecule has 72 heavy (non-hydrogen) atoms. The van der Waals surface area contributed by atoms with Crippen molar-refractivity contribution in [3.8, 4) is 0 Å². The lowest BCUT2D eigenvalue weighted by Crippen LogP contribution is -2.33. The van der Waals surface area contributed by atoms with Crippen LogP contribution in [0.4, 0.5) is 28.9 Å². The highest BCUT2D eigenvalue weighted by molar-refractivity contribution is 6.44. The van der Waals surface area contributed by atoms with Gasteiger partial charge in [0.25, 0.3) is 35.2 Å². The average Bonchev–Trinajstić information content (AvgIpc) is 3.72. The van der Waals surface area contributed by atoms with Crippen molar-refractivity contribution in [2.75, 3.05) is 36.8 Å². The van der Waals surface area contributed by atoms with Gasteiger partial charge in [-0.3, -0.25) is 28.8 Å². The predicted octanol–water partition coefficient (Wildman–Crippen LogP) is 8.78. The molecule has 0 fully saturated rings. The second-order valence-electron chi connectivity index (χ2n) is 17.1. The van der Waals surface area contributed by atoms with E-state index in [2.05, 4.69) is 42.1 Å². The number of carbonyl (C=O) groups excluding carboxylic acids is 6. The van der Waals surface area contributed by atoms with Crippen LogP contribution in [-0.2, 0) is 23.7 Å². The first kappa shape index (κ1) is 56.8. The molecule has 18 nitrogen and oxygen atoms in total. The number of rotatable bonds is 29. The normalized spacial score (nSPS) is 11.5. The maximum atomic E-state index is 13.7. The van der Waals surface area contributed by atoms with Crippen molar-refractivity contribution in [2.24, 2.45) is 24.3 Å². The first-order valence-corrected chi connectivity index (χ1v) is 23.4. The Labute approximate surface area is 414 Å². The van der Waals surface area contributed by atoms with Crippen LogP contribution >= 0.6 is 0 Å². The quantitative estimate of drug-likeness (QED) is 0.00855. The monoisotopic (exact) mass is 1000 g/mol. The van der Waals surface area contributed by atoms with E-state index in [-0.39, 0.29) is 69.5 Å². The van der Waals surface area contributed by atoms with Gasteiger partial charge >= 0.3 is 0 Å². The molecule has 0 radical (unpaired) electrons. The number of nitrogens with one attached hydrogen (secondary N) is 8. The predicted molar refractivity (Wildman–Crippen MR) is 262 cm³/mol. The molecular weight excluding hydrogens is 941 g/mol. The summed E-state index contributed by atoms with van der Waals surface area (Å²) in [6.45, 7) is 7.07. The molecular formula is C50H62F4N12O6. The van der Waals surface area contributed by atoms with Crippen molar-refractivity contribution in [2.45, 2.75) is 91.9 Å². The summed E-state index contributed by atoms with van der Waals surface area (Å²) in [4.78, 5) is 78.2. The summed E-state index contributed by atoms with van der Waals surface area (Å²) < 4.78 is 56.9. The molecule has 0 aliphatic heterocycles. The second-order valence-corrected chi connectivity index (χ2v) is 17.1. The van der Waals surface area contributed by atoms with E-state index in [4.69, 9.17) is 11.1 Å². The molecule has 0 aliphatic rings. The number of carbonyl (C=O) groups is 6. The van der Waals surface area contributed by atoms with E-state index in [0.717, 1.165) is 88.5 Å². The van der Waals surface area contributed by atoms with E-state index in [1.165, 1.54) is 47.5 Å². The molecule has 4 rings (SSSR count). The van der Waals surface area contributed by atoms with Crippen molar-refractivity contribution in [1.82, 2.24) is 30.4 Å². The highest BCUT2D eigenvalue weighted by Gasteiger charge is 2.30. The minimum absolute atomic E-state index is 0.0139. The zero-order valence-electron chi connectivity index (χ0n) is 41.3. The molecule has 22 heteroatoms. The van der Waals surface area contributed by atoms with Crippen LogP contribution in [0.3, 0.4) is 0 Å². The molecule has 4 aromatic rings. The Balaban J connectivity index is 1.04. The highest BCUT2D eigenvalue weighted by atomic mass is 19.2. The van der Waals surface area contributed by atoms with Gasteiger partial charge in [-0.15, -0.1) is 0 Å². The molecule has 386 valence electrons. The highest BCUT2D eigenvalue weighted by Crippen LogP contribution is 2.26. The number of halogens is 4. The van der Waals surface area contributed by atoms with E-state index in [0.29, 0.717) is 24.5 Å². The van der Waals surface area contributed by atoms with Gasteiger partial charge < -0.3 is 41.0 Å². The summed E-state index contributed by atoms with van der Waals surface area (Å²) in [5, 5.41) is 23.0. The van der Waals surface area contributed by atoms with Crippen LogP contribution in [0.15, 0.2) is 70.4 Å². The van der Waals surface area contributed by atoms with Gasteiger partial charge in [0.15, 0.2) is 23.3 Å². The summed E-state index contributed by atoms with van der Waals surface area (Å²) in [7, 11) is 3.08. The van der Waals surface area contributed by atoms with Crippen LogP contribution in [0.1, 0.15) is 128 Å². The van der Waals surface area contributed by atoms with E-state index < -0.39 is 58.5 Å². The number of anilines is 2. The van der Waals surface area contributed by atoms with E-state index >= 15 is 0 Å². The van der Waals surface area contributed by atoms with E-state index in [1.54, 1.807) is 27.9 Å². The van der Waals surface area contributed by atoms with Crippen LogP contribution in [0.2, 0.25) is 0 Å². The van der Waals surface area contributed by atoms with Crippen molar-refractivity contribution >= 4 is 46.6 Å². The molecule has 2 heterocycles. The van der Waals surface area contributed by atoms with Gasteiger partial charge in [-0.05, 0) is 75.9 Å². The summed E-state index contributed by atoms with van der Waals surface area (Å²) in [6, 6.07) is 5.81. The fourth-order valence-electron chi connectivity index (χ4n) is 8.02. The lowest BCUT2D eigenvalue weighted by molar-refractivity contribution is -0.117. The van der Waals surface area contributed by atoms with Gasteiger partial charge in [-0.2, -0.15) is 10.2 Å².